The van der Waals surface area contributed by atoms with Crippen molar-refractivity contribution in [2.45, 2.75) is 12.8 Å². The molecule has 0 unspecified atom stereocenters. The third-order valence-electron chi connectivity index (χ3n) is 2.96. The van der Waals surface area contributed by atoms with Crippen LogP contribution in [0.5, 0.6) is 0 Å². The summed E-state index contributed by atoms with van der Waals surface area (Å²) >= 11 is 0. The average molecular weight is 228 g/mol. The van der Waals surface area contributed by atoms with E-state index in [1.165, 1.54) is 29.3 Å². The summed E-state index contributed by atoms with van der Waals surface area (Å²) in [6.45, 7) is 2.13. The number of benzene rings is 2. The van der Waals surface area contributed by atoms with Gasteiger partial charge in [0.1, 0.15) is 0 Å². The maximum absolute atomic E-state index is 3.52. The Labute approximate surface area is 103 Å². The molecular formula is C15H20N2. The Kier molecular flexibility index (Phi) is 4.39. The van der Waals surface area contributed by atoms with Crippen LogP contribution in [0.3, 0.4) is 0 Å². The SMILES string of the molecule is CNCCCCNc1cccc2ccccc12. The number of nitrogens with one attached hydrogen (secondary N) is 2. The molecule has 0 heterocycles. The van der Waals surface area contributed by atoms with Crippen LogP contribution < -0.4 is 10.6 Å². The van der Waals surface area contributed by atoms with Crippen LogP contribution in [0.4, 0.5) is 5.69 Å². The highest BCUT2D eigenvalue weighted by Gasteiger charge is 1.98. The van der Waals surface area contributed by atoms with Crippen LogP contribution in [0, 0.1) is 0 Å². The fourth-order valence-corrected chi connectivity index (χ4v) is 2.03. The minimum Gasteiger partial charge on any atom is -0.385 e. The summed E-state index contributed by atoms with van der Waals surface area (Å²) in [5.41, 5.74) is 1.24. The first kappa shape index (κ1) is 11.9. The smallest absolute Gasteiger partial charge is 0.0419 e. The molecule has 17 heavy (non-hydrogen) atoms. The van der Waals surface area contributed by atoms with Crippen molar-refractivity contribution >= 4 is 16.5 Å². The number of fused-ring (bicyclic) bond motifs is 1. The number of hydrogen-bond donors (Lipinski definition) is 2. The molecule has 0 fully saturated rings. The quantitative estimate of drug-likeness (QED) is 0.742. The van der Waals surface area contributed by atoms with Gasteiger partial charge in [0.15, 0.2) is 0 Å². The molecule has 2 N–H and O–H groups in total. The highest BCUT2D eigenvalue weighted by Crippen LogP contribution is 2.22. The molecule has 0 saturated heterocycles. The predicted octanol–water partition coefficient (Wildman–Crippen LogP) is 3.25. The Hall–Kier alpha value is -1.54. The Morgan fingerprint density at radius 3 is 2.53 bits per heavy atom. The van der Waals surface area contributed by atoms with Crippen LogP contribution in [-0.2, 0) is 0 Å². The van der Waals surface area contributed by atoms with Crippen LogP contribution in [0.2, 0.25) is 0 Å². The van der Waals surface area contributed by atoms with Gasteiger partial charge in [-0.25, -0.2) is 0 Å². The molecule has 90 valence electrons. The van der Waals surface area contributed by atoms with E-state index in [4.69, 9.17) is 0 Å². The normalized spacial score (nSPS) is 10.6. The number of anilines is 1. The van der Waals surface area contributed by atoms with Gasteiger partial charge in [0.05, 0.1) is 0 Å². The zero-order valence-corrected chi connectivity index (χ0v) is 10.4. The lowest BCUT2D eigenvalue weighted by molar-refractivity contribution is 0.695. The highest BCUT2D eigenvalue weighted by atomic mass is 14.9. The largest absolute Gasteiger partial charge is 0.385 e. The molecule has 0 spiro atoms. The summed E-state index contributed by atoms with van der Waals surface area (Å²) in [5.74, 6) is 0. The summed E-state index contributed by atoms with van der Waals surface area (Å²) in [4.78, 5) is 0. The molecule has 0 saturated carbocycles. The Morgan fingerprint density at radius 1 is 0.882 bits per heavy atom. The van der Waals surface area contributed by atoms with Crippen molar-refractivity contribution in [3.05, 3.63) is 42.5 Å². The van der Waals surface area contributed by atoms with Crippen molar-refractivity contribution in [3.63, 3.8) is 0 Å². The van der Waals surface area contributed by atoms with Gasteiger partial charge in [-0.3, -0.25) is 0 Å². The van der Waals surface area contributed by atoms with Crippen LogP contribution >= 0.6 is 0 Å². The van der Waals surface area contributed by atoms with E-state index >= 15 is 0 Å². The van der Waals surface area contributed by atoms with Gasteiger partial charge in [-0.1, -0.05) is 36.4 Å². The van der Waals surface area contributed by atoms with Crippen molar-refractivity contribution in [2.24, 2.45) is 0 Å². The van der Waals surface area contributed by atoms with E-state index in [-0.39, 0.29) is 0 Å². The third kappa shape index (κ3) is 3.21. The zero-order valence-electron chi connectivity index (χ0n) is 10.4. The molecule has 0 aliphatic rings. The average Bonchev–Trinajstić information content (AvgIpc) is 2.39. The Balaban J connectivity index is 1.98. The fraction of sp³-hybridized carbons (Fsp3) is 0.333. The zero-order chi connectivity index (χ0) is 11.9. The summed E-state index contributed by atoms with van der Waals surface area (Å²) < 4.78 is 0. The van der Waals surface area contributed by atoms with Gasteiger partial charge in [-0.2, -0.15) is 0 Å². The topological polar surface area (TPSA) is 24.1 Å². The van der Waals surface area contributed by atoms with Gasteiger partial charge >= 0.3 is 0 Å². The highest BCUT2D eigenvalue weighted by molar-refractivity contribution is 5.93. The molecule has 2 aromatic rings. The molecule has 2 rings (SSSR count). The Morgan fingerprint density at radius 2 is 1.65 bits per heavy atom. The second kappa shape index (κ2) is 6.26. The minimum absolute atomic E-state index is 1.04. The van der Waals surface area contributed by atoms with Crippen LogP contribution in [0.25, 0.3) is 10.8 Å². The third-order valence-corrected chi connectivity index (χ3v) is 2.96. The summed E-state index contributed by atoms with van der Waals surface area (Å²) in [7, 11) is 2.00. The number of rotatable bonds is 6. The van der Waals surface area contributed by atoms with Gasteiger partial charge in [0.2, 0.25) is 0 Å². The lowest BCUT2D eigenvalue weighted by Gasteiger charge is -2.09. The molecule has 0 bridgehead atoms. The fourth-order valence-electron chi connectivity index (χ4n) is 2.03. The van der Waals surface area contributed by atoms with Gasteiger partial charge in [0.25, 0.3) is 0 Å². The summed E-state index contributed by atoms with van der Waals surface area (Å²) in [6, 6.07) is 14.9. The van der Waals surface area contributed by atoms with E-state index in [9.17, 15) is 0 Å². The van der Waals surface area contributed by atoms with Crippen molar-refractivity contribution < 1.29 is 0 Å². The Bertz CT molecular complexity index is 460. The van der Waals surface area contributed by atoms with Crippen LogP contribution in [0.15, 0.2) is 42.5 Å². The van der Waals surface area contributed by atoms with E-state index in [1.807, 2.05) is 7.05 Å². The molecule has 2 aromatic carbocycles. The monoisotopic (exact) mass is 228 g/mol. The van der Waals surface area contributed by atoms with Crippen molar-refractivity contribution in [2.75, 3.05) is 25.5 Å². The second-order valence-corrected chi connectivity index (χ2v) is 4.26. The molecule has 2 heteroatoms. The molecule has 0 aliphatic carbocycles. The van der Waals surface area contributed by atoms with Gasteiger partial charge in [0, 0.05) is 17.6 Å². The van der Waals surface area contributed by atoms with Crippen LogP contribution in [-0.4, -0.2) is 20.1 Å². The van der Waals surface area contributed by atoms with Gasteiger partial charge in [-0.15, -0.1) is 0 Å². The molecule has 2 nitrogen and oxygen atoms in total. The van der Waals surface area contributed by atoms with E-state index in [1.54, 1.807) is 0 Å². The minimum atomic E-state index is 1.04. The van der Waals surface area contributed by atoms with Crippen molar-refractivity contribution in [1.29, 1.82) is 0 Å². The summed E-state index contributed by atoms with van der Waals surface area (Å²) in [6.07, 6.45) is 2.42. The molecule has 0 amide bonds. The van der Waals surface area contributed by atoms with E-state index < -0.39 is 0 Å². The molecule has 0 radical (unpaired) electrons. The van der Waals surface area contributed by atoms with Crippen LogP contribution in [0.1, 0.15) is 12.8 Å². The van der Waals surface area contributed by atoms with E-state index in [0.717, 1.165) is 13.1 Å². The summed E-state index contributed by atoms with van der Waals surface area (Å²) in [5, 5.41) is 9.29. The number of hydrogen-bond acceptors (Lipinski definition) is 2. The molecule has 0 aliphatic heterocycles. The van der Waals surface area contributed by atoms with E-state index in [2.05, 4.69) is 53.1 Å². The second-order valence-electron chi connectivity index (χ2n) is 4.26. The van der Waals surface area contributed by atoms with Crippen molar-refractivity contribution in [1.82, 2.24) is 5.32 Å². The first-order valence-corrected chi connectivity index (χ1v) is 6.28. The number of unbranched alkanes of at least 4 members (excludes halogenated alkanes) is 1. The van der Waals surface area contributed by atoms with Crippen molar-refractivity contribution in [3.8, 4) is 0 Å². The molecular weight excluding hydrogens is 208 g/mol. The maximum atomic E-state index is 3.52. The lowest BCUT2D eigenvalue weighted by atomic mass is 10.1. The maximum Gasteiger partial charge on any atom is 0.0419 e. The first-order valence-electron chi connectivity index (χ1n) is 6.28. The van der Waals surface area contributed by atoms with E-state index in [0.29, 0.717) is 0 Å². The van der Waals surface area contributed by atoms with Gasteiger partial charge < -0.3 is 10.6 Å². The standard InChI is InChI=1S/C15H20N2/c1-16-11-4-5-12-17-15-10-6-8-13-7-2-3-9-14(13)15/h2-3,6-10,16-17H,4-5,11-12H2,1H3. The predicted molar refractivity (Wildman–Crippen MR) is 75.6 cm³/mol. The lowest BCUT2D eigenvalue weighted by Crippen LogP contribution is -2.10. The van der Waals surface area contributed by atoms with Gasteiger partial charge in [-0.05, 0) is 37.9 Å². The molecule has 0 atom stereocenters. The molecule has 0 aromatic heterocycles. The first-order chi connectivity index (χ1) is 8.42.